The SMILES string of the molecule is C=CCC1C(=O)N2C(C(=O)O)=CCS[C@@H]12. The van der Waals surface area contributed by atoms with Crippen LogP contribution in [-0.2, 0) is 9.59 Å². The Morgan fingerprint density at radius 1 is 1.80 bits per heavy atom. The molecule has 2 rings (SSSR count). The first-order valence-electron chi connectivity index (χ1n) is 4.66. The molecular weight excluding hydrogens is 214 g/mol. The molecule has 0 aromatic rings. The normalized spacial score (nSPS) is 28.9. The Kier molecular flexibility index (Phi) is 2.56. The number of thioether (sulfide) groups is 1. The maximum Gasteiger partial charge on any atom is 0.352 e. The molecule has 4 nitrogen and oxygen atoms in total. The molecule has 1 amide bonds. The Morgan fingerprint density at radius 2 is 2.53 bits per heavy atom. The van der Waals surface area contributed by atoms with E-state index in [9.17, 15) is 9.59 Å². The molecule has 2 aliphatic rings. The van der Waals surface area contributed by atoms with E-state index in [1.807, 2.05) is 0 Å². The Balaban J connectivity index is 2.19. The molecule has 2 heterocycles. The predicted octanol–water partition coefficient (Wildman–Crippen LogP) is 1.06. The van der Waals surface area contributed by atoms with Crippen molar-refractivity contribution >= 4 is 23.6 Å². The molecule has 80 valence electrons. The van der Waals surface area contributed by atoms with Gasteiger partial charge >= 0.3 is 5.97 Å². The van der Waals surface area contributed by atoms with Crippen molar-refractivity contribution in [1.29, 1.82) is 0 Å². The Morgan fingerprint density at radius 3 is 3.13 bits per heavy atom. The number of amides is 1. The van der Waals surface area contributed by atoms with Gasteiger partial charge in [0.1, 0.15) is 5.70 Å². The number of nitrogens with zero attached hydrogens (tertiary/aromatic N) is 1. The van der Waals surface area contributed by atoms with Gasteiger partial charge in [0.2, 0.25) is 5.91 Å². The first kappa shape index (κ1) is 10.3. The van der Waals surface area contributed by atoms with Crippen LogP contribution >= 0.6 is 11.8 Å². The number of carboxylic acid groups (broad SMARTS) is 1. The first-order valence-corrected chi connectivity index (χ1v) is 5.70. The Hall–Kier alpha value is -1.23. The van der Waals surface area contributed by atoms with Crippen molar-refractivity contribution in [2.75, 3.05) is 5.75 Å². The quantitative estimate of drug-likeness (QED) is 0.576. The van der Waals surface area contributed by atoms with Crippen molar-refractivity contribution in [2.24, 2.45) is 5.92 Å². The first-order chi connectivity index (χ1) is 7.16. The minimum atomic E-state index is -1.02. The molecule has 1 fully saturated rings. The van der Waals surface area contributed by atoms with Crippen LogP contribution in [0, 0.1) is 5.92 Å². The molecule has 1 unspecified atom stereocenters. The van der Waals surface area contributed by atoms with E-state index < -0.39 is 5.97 Å². The summed E-state index contributed by atoms with van der Waals surface area (Å²) in [6, 6.07) is 0. The smallest absolute Gasteiger partial charge is 0.352 e. The molecule has 1 N–H and O–H groups in total. The fourth-order valence-electron chi connectivity index (χ4n) is 1.88. The lowest BCUT2D eigenvalue weighted by atomic mass is 9.93. The fraction of sp³-hybridized carbons (Fsp3) is 0.400. The molecule has 0 spiro atoms. The van der Waals surface area contributed by atoms with Gasteiger partial charge in [0, 0.05) is 5.75 Å². The molecule has 0 radical (unpaired) electrons. The van der Waals surface area contributed by atoms with Gasteiger partial charge in [-0.15, -0.1) is 18.3 Å². The average Bonchev–Trinajstić information content (AvgIpc) is 2.24. The van der Waals surface area contributed by atoms with Gasteiger partial charge in [0.05, 0.1) is 11.3 Å². The standard InChI is InChI=1S/C10H11NO3S/c1-2-3-6-8(12)11-7(10(13)14)4-5-15-9(6)11/h2,4,6,9H,1,3,5H2,(H,13,14)/t6?,9-/m0/s1. The highest BCUT2D eigenvalue weighted by molar-refractivity contribution is 8.00. The zero-order valence-corrected chi connectivity index (χ0v) is 8.87. The molecule has 0 bridgehead atoms. The maximum atomic E-state index is 11.7. The van der Waals surface area contributed by atoms with Crippen LogP contribution in [0.1, 0.15) is 6.42 Å². The topological polar surface area (TPSA) is 57.6 Å². The average molecular weight is 225 g/mol. The third kappa shape index (κ3) is 1.47. The second-order valence-corrected chi connectivity index (χ2v) is 4.61. The minimum absolute atomic E-state index is 0.00778. The number of carbonyl (C=O) groups excluding carboxylic acids is 1. The predicted molar refractivity (Wildman–Crippen MR) is 57.1 cm³/mol. The highest BCUT2D eigenvalue weighted by Crippen LogP contribution is 2.42. The Bertz CT molecular complexity index is 364. The van der Waals surface area contributed by atoms with Gasteiger partial charge in [0.15, 0.2) is 0 Å². The van der Waals surface area contributed by atoms with Crippen LogP contribution in [-0.4, -0.2) is 33.0 Å². The highest BCUT2D eigenvalue weighted by Gasteiger charge is 2.50. The van der Waals surface area contributed by atoms with Crippen molar-refractivity contribution in [3.8, 4) is 0 Å². The van der Waals surface area contributed by atoms with Gasteiger partial charge in [-0.25, -0.2) is 4.79 Å². The van der Waals surface area contributed by atoms with Crippen molar-refractivity contribution in [3.63, 3.8) is 0 Å². The van der Waals surface area contributed by atoms with Crippen molar-refractivity contribution in [1.82, 2.24) is 4.90 Å². The number of hydrogen-bond acceptors (Lipinski definition) is 3. The lowest BCUT2D eigenvalue weighted by Gasteiger charge is -2.48. The van der Waals surface area contributed by atoms with Crippen LogP contribution in [0.15, 0.2) is 24.4 Å². The van der Waals surface area contributed by atoms with E-state index in [4.69, 9.17) is 5.11 Å². The zero-order valence-electron chi connectivity index (χ0n) is 8.05. The van der Waals surface area contributed by atoms with E-state index in [1.165, 1.54) is 4.90 Å². The fourth-order valence-corrected chi connectivity index (χ4v) is 3.16. The number of carbonyl (C=O) groups is 2. The van der Waals surface area contributed by atoms with E-state index in [0.717, 1.165) is 0 Å². The van der Waals surface area contributed by atoms with E-state index in [0.29, 0.717) is 12.2 Å². The summed E-state index contributed by atoms with van der Waals surface area (Å²) in [5.74, 6) is -0.550. The summed E-state index contributed by atoms with van der Waals surface area (Å²) in [6.07, 6.45) is 3.92. The molecule has 5 heteroatoms. The van der Waals surface area contributed by atoms with Crippen LogP contribution in [0.2, 0.25) is 0 Å². The van der Waals surface area contributed by atoms with Crippen molar-refractivity contribution in [3.05, 3.63) is 24.4 Å². The second kappa shape index (κ2) is 3.73. The second-order valence-electron chi connectivity index (χ2n) is 3.46. The van der Waals surface area contributed by atoms with Gasteiger partial charge in [-0.05, 0) is 12.5 Å². The van der Waals surface area contributed by atoms with Gasteiger partial charge in [-0.3, -0.25) is 9.69 Å². The zero-order chi connectivity index (χ0) is 11.0. The monoisotopic (exact) mass is 225 g/mol. The van der Waals surface area contributed by atoms with Crippen LogP contribution in [0.3, 0.4) is 0 Å². The lowest BCUT2D eigenvalue weighted by molar-refractivity contribution is -0.152. The van der Waals surface area contributed by atoms with Gasteiger partial charge in [-0.1, -0.05) is 6.08 Å². The number of aliphatic carboxylic acids is 1. The highest BCUT2D eigenvalue weighted by atomic mass is 32.2. The van der Waals surface area contributed by atoms with E-state index >= 15 is 0 Å². The number of β-lactam (4-membered cyclic amide) rings is 1. The summed E-state index contributed by atoms with van der Waals surface area (Å²) in [5.41, 5.74) is 0.129. The molecule has 0 aromatic heterocycles. The van der Waals surface area contributed by atoms with Crippen molar-refractivity contribution < 1.29 is 14.7 Å². The summed E-state index contributed by atoms with van der Waals surface area (Å²) < 4.78 is 0. The van der Waals surface area contributed by atoms with Crippen LogP contribution < -0.4 is 0 Å². The van der Waals surface area contributed by atoms with E-state index in [1.54, 1.807) is 23.9 Å². The summed E-state index contributed by atoms with van der Waals surface area (Å²) >= 11 is 1.60. The molecule has 2 atom stereocenters. The minimum Gasteiger partial charge on any atom is -0.477 e. The van der Waals surface area contributed by atoms with Gasteiger partial charge < -0.3 is 5.11 Å². The Labute approximate surface area is 91.6 Å². The summed E-state index contributed by atoms with van der Waals surface area (Å²) in [6.45, 7) is 3.60. The summed E-state index contributed by atoms with van der Waals surface area (Å²) in [5, 5.41) is 8.89. The lowest BCUT2D eigenvalue weighted by Crippen LogP contribution is -2.60. The molecule has 0 aromatic carbocycles. The molecule has 15 heavy (non-hydrogen) atoms. The van der Waals surface area contributed by atoms with Crippen LogP contribution in [0.25, 0.3) is 0 Å². The largest absolute Gasteiger partial charge is 0.477 e. The number of hydrogen-bond donors (Lipinski definition) is 1. The number of rotatable bonds is 3. The molecule has 2 aliphatic heterocycles. The van der Waals surface area contributed by atoms with Gasteiger partial charge in [-0.2, -0.15) is 0 Å². The number of allylic oxidation sites excluding steroid dienone is 1. The van der Waals surface area contributed by atoms with Crippen molar-refractivity contribution in [2.45, 2.75) is 11.8 Å². The van der Waals surface area contributed by atoms with Crippen LogP contribution in [0.5, 0.6) is 0 Å². The number of fused-ring (bicyclic) bond motifs is 1. The van der Waals surface area contributed by atoms with E-state index in [2.05, 4.69) is 6.58 Å². The molecule has 0 saturated carbocycles. The summed E-state index contributed by atoms with van der Waals surface area (Å²) in [7, 11) is 0. The summed E-state index contributed by atoms with van der Waals surface area (Å²) in [4.78, 5) is 23.9. The third-order valence-corrected chi connectivity index (χ3v) is 3.84. The molecule has 1 saturated heterocycles. The maximum absolute atomic E-state index is 11.7. The molecular formula is C10H11NO3S. The third-order valence-electron chi connectivity index (χ3n) is 2.60. The molecule has 0 aliphatic carbocycles. The number of carboxylic acids is 1. The van der Waals surface area contributed by atoms with Gasteiger partial charge in [0.25, 0.3) is 0 Å². The van der Waals surface area contributed by atoms with Crippen LogP contribution in [0.4, 0.5) is 0 Å². The van der Waals surface area contributed by atoms with E-state index in [-0.39, 0.29) is 22.9 Å².